The van der Waals surface area contributed by atoms with Crippen LogP contribution < -0.4 is 10.6 Å². The normalized spacial score (nSPS) is 34.2. The van der Waals surface area contributed by atoms with Gasteiger partial charge < -0.3 is 10.6 Å². The number of benzene rings is 1. The van der Waals surface area contributed by atoms with Crippen LogP contribution >= 0.6 is 12.2 Å². The Hall–Kier alpha value is -1.42. The maximum atomic E-state index is 12.9. The van der Waals surface area contributed by atoms with Crippen molar-refractivity contribution in [3.63, 3.8) is 0 Å². The molecule has 4 aliphatic carbocycles. The third kappa shape index (κ3) is 3.01. The molecular weight excluding hydrogens is 304 g/mol. The zero-order valence-electron chi connectivity index (χ0n) is 13.4. The van der Waals surface area contributed by atoms with Crippen LogP contribution in [0.5, 0.6) is 0 Å². The largest absolute Gasteiger partial charge is 0.358 e. The number of rotatable bonds is 3. The highest BCUT2D eigenvalue weighted by Crippen LogP contribution is 2.60. The molecule has 2 N–H and O–H groups in total. The van der Waals surface area contributed by atoms with E-state index >= 15 is 0 Å². The van der Waals surface area contributed by atoms with E-state index in [2.05, 4.69) is 22.8 Å². The Kier molecular flexibility index (Phi) is 3.88. The first-order valence-electron chi connectivity index (χ1n) is 8.76. The van der Waals surface area contributed by atoms with Crippen molar-refractivity contribution in [2.75, 3.05) is 0 Å². The van der Waals surface area contributed by atoms with E-state index in [4.69, 9.17) is 12.2 Å². The molecule has 0 spiro atoms. The highest BCUT2D eigenvalue weighted by atomic mass is 32.1. The van der Waals surface area contributed by atoms with Gasteiger partial charge in [0.25, 0.3) is 0 Å². The van der Waals surface area contributed by atoms with Crippen molar-refractivity contribution in [1.82, 2.24) is 10.6 Å². The Morgan fingerprint density at radius 3 is 2.17 bits per heavy atom. The van der Waals surface area contributed by atoms with E-state index in [-0.39, 0.29) is 11.3 Å². The summed E-state index contributed by atoms with van der Waals surface area (Å²) in [4.78, 5) is 12.9. The fraction of sp³-hybridized carbons (Fsp3) is 0.579. The number of carbonyl (C=O) groups is 1. The lowest BCUT2D eigenvalue weighted by atomic mass is 9.49. The van der Waals surface area contributed by atoms with Crippen LogP contribution in [0.3, 0.4) is 0 Å². The molecule has 122 valence electrons. The third-order valence-electron chi connectivity index (χ3n) is 6.04. The molecule has 0 atom stereocenters. The highest BCUT2D eigenvalue weighted by molar-refractivity contribution is 7.80. The monoisotopic (exact) mass is 328 g/mol. The molecule has 0 aliphatic heterocycles. The molecule has 23 heavy (non-hydrogen) atoms. The van der Waals surface area contributed by atoms with Gasteiger partial charge in [-0.05, 0) is 74.1 Å². The van der Waals surface area contributed by atoms with Crippen LogP contribution in [-0.2, 0) is 11.3 Å². The molecule has 1 aromatic carbocycles. The van der Waals surface area contributed by atoms with E-state index in [1.165, 1.54) is 24.8 Å². The smallest absolute Gasteiger partial charge is 0.232 e. The van der Waals surface area contributed by atoms with Crippen molar-refractivity contribution in [1.29, 1.82) is 0 Å². The first kappa shape index (κ1) is 15.1. The highest BCUT2D eigenvalue weighted by Gasteiger charge is 2.54. The standard InChI is InChI=1S/C19H24N2OS/c22-17(21-18(23)20-12-13-4-2-1-3-5-13)19-9-14-6-15(10-19)8-16(7-14)11-19/h1-5,14-16H,6-12H2,(H2,20,21,22,23). The quantitative estimate of drug-likeness (QED) is 0.836. The van der Waals surface area contributed by atoms with Gasteiger partial charge in [0.2, 0.25) is 5.91 Å². The average molecular weight is 328 g/mol. The fourth-order valence-corrected chi connectivity index (χ4v) is 5.61. The zero-order valence-corrected chi connectivity index (χ0v) is 14.2. The number of amides is 1. The van der Waals surface area contributed by atoms with Crippen molar-refractivity contribution < 1.29 is 4.79 Å². The maximum Gasteiger partial charge on any atom is 0.232 e. The van der Waals surface area contributed by atoms with Gasteiger partial charge in [0.1, 0.15) is 0 Å². The Bertz CT molecular complexity index is 578. The first-order chi connectivity index (χ1) is 11.1. The second-order valence-corrected chi connectivity index (χ2v) is 8.23. The molecule has 4 saturated carbocycles. The van der Waals surface area contributed by atoms with Crippen LogP contribution in [0.25, 0.3) is 0 Å². The lowest BCUT2D eigenvalue weighted by Crippen LogP contribution is -2.55. The predicted molar refractivity (Wildman–Crippen MR) is 94.6 cm³/mol. The van der Waals surface area contributed by atoms with Crippen LogP contribution in [0.4, 0.5) is 0 Å². The number of nitrogens with one attached hydrogen (secondary N) is 2. The molecule has 4 bridgehead atoms. The van der Waals surface area contributed by atoms with E-state index in [0.717, 1.165) is 37.0 Å². The maximum absolute atomic E-state index is 12.9. The third-order valence-corrected chi connectivity index (χ3v) is 6.29. The van der Waals surface area contributed by atoms with Crippen LogP contribution in [0.15, 0.2) is 30.3 Å². The van der Waals surface area contributed by atoms with Crippen molar-refractivity contribution in [2.24, 2.45) is 23.2 Å². The second kappa shape index (κ2) is 5.90. The SMILES string of the molecule is O=C(NC(=S)NCc1ccccc1)C12CC3CC(CC(C3)C1)C2. The van der Waals surface area contributed by atoms with E-state index in [1.54, 1.807) is 0 Å². The van der Waals surface area contributed by atoms with Crippen molar-refractivity contribution in [3.8, 4) is 0 Å². The summed E-state index contributed by atoms with van der Waals surface area (Å²) in [5, 5.41) is 6.62. The Balaban J connectivity index is 1.35. The van der Waals surface area contributed by atoms with Gasteiger partial charge in [-0.3, -0.25) is 4.79 Å². The van der Waals surface area contributed by atoms with Gasteiger partial charge in [0.05, 0.1) is 5.41 Å². The number of hydrogen-bond acceptors (Lipinski definition) is 2. The fourth-order valence-electron chi connectivity index (χ4n) is 5.45. The summed E-state index contributed by atoms with van der Waals surface area (Å²) in [5.74, 6) is 2.50. The predicted octanol–water partition coefficient (Wildman–Crippen LogP) is 3.39. The number of thiocarbonyl (C=S) groups is 1. The topological polar surface area (TPSA) is 41.1 Å². The molecular formula is C19H24N2OS. The molecule has 4 fully saturated rings. The zero-order chi connectivity index (χ0) is 15.9. The summed E-state index contributed by atoms with van der Waals surface area (Å²) < 4.78 is 0. The summed E-state index contributed by atoms with van der Waals surface area (Å²) in [6.45, 7) is 0.654. The van der Waals surface area contributed by atoms with E-state index in [0.29, 0.717) is 11.7 Å². The summed E-state index contributed by atoms with van der Waals surface area (Å²) in [7, 11) is 0. The average Bonchev–Trinajstić information content (AvgIpc) is 2.52. The molecule has 1 amide bonds. The molecule has 4 heteroatoms. The lowest BCUT2D eigenvalue weighted by molar-refractivity contribution is -0.144. The van der Waals surface area contributed by atoms with Gasteiger partial charge in [0.15, 0.2) is 5.11 Å². The molecule has 0 heterocycles. The van der Waals surface area contributed by atoms with Crippen LogP contribution in [0.1, 0.15) is 44.1 Å². The van der Waals surface area contributed by atoms with Crippen LogP contribution in [0.2, 0.25) is 0 Å². The second-order valence-electron chi connectivity index (χ2n) is 7.82. The van der Waals surface area contributed by atoms with Crippen molar-refractivity contribution in [3.05, 3.63) is 35.9 Å². The summed E-state index contributed by atoms with van der Waals surface area (Å²) in [6.07, 6.45) is 7.28. The summed E-state index contributed by atoms with van der Waals surface area (Å²) >= 11 is 5.34. The molecule has 0 unspecified atom stereocenters. The first-order valence-corrected chi connectivity index (χ1v) is 9.17. The van der Waals surface area contributed by atoms with Crippen molar-refractivity contribution in [2.45, 2.75) is 45.1 Å². The van der Waals surface area contributed by atoms with Gasteiger partial charge in [0, 0.05) is 6.54 Å². The minimum atomic E-state index is -0.132. The van der Waals surface area contributed by atoms with Crippen molar-refractivity contribution >= 4 is 23.2 Å². The molecule has 5 rings (SSSR count). The molecule has 0 radical (unpaired) electrons. The lowest BCUT2D eigenvalue weighted by Gasteiger charge is -2.55. The number of carbonyl (C=O) groups excluding carboxylic acids is 1. The van der Waals surface area contributed by atoms with E-state index < -0.39 is 0 Å². The van der Waals surface area contributed by atoms with Gasteiger partial charge in [-0.1, -0.05) is 30.3 Å². The van der Waals surface area contributed by atoms with Gasteiger partial charge in [-0.2, -0.15) is 0 Å². The number of hydrogen-bond donors (Lipinski definition) is 2. The van der Waals surface area contributed by atoms with Gasteiger partial charge >= 0.3 is 0 Å². The molecule has 0 saturated heterocycles. The summed E-state index contributed by atoms with van der Waals surface area (Å²) in [5.41, 5.74) is 1.03. The Morgan fingerprint density at radius 2 is 1.61 bits per heavy atom. The summed E-state index contributed by atoms with van der Waals surface area (Å²) in [6, 6.07) is 10.1. The van der Waals surface area contributed by atoms with Gasteiger partial charge in [-0.25, -0.2) is 0 Å². The van der Waals surface area contributed by atoms with E-state index in [9.17, 15) is 4.79 Å². The molecule has 1 aromatic rings. The van der Waals surface area contributed by atoms with Crippen LogP contribution in [-0.4, -0.2) is 11.0 Å². The van der Waals surface area contributed by atoms with Gasteiger partial charge in [-0.15, -0.1) is 0 Å². The van der Waals surface area contributed by atoms with E-state index in [1.807, 2.05) is 18.2 Å². The minimum absolute atomic E-state index is 0.132. The minimum Gasteiger partial charge on any atom is -0.358 e. The Labute approximate surface area is 143 Å². The van der Waals surface area contributed by atoms with Crippen LogP contribution in [0, 0.1) is 23.2 Å². The molecule has 0 aromatic heterocycles. The Morgan fingerprint density at radius 1 is 1.04 bits per heavy atom. The molecule has 4 aliphatic rings. The molecule has 3 nitrogen and oxygen atoms in total.